The Labute approximate surface area is 88.1 Å². The number of pyridine rings is 1. The smallest absolute Gasteiger partial charge is 0.236 e. The topological polar surface area (TPSA) is 54.0 Å². The number of nitrogens with zero attached hydrogens (tertiary/aromatic N) is 1. The second kappa shape index (κ2) is 3.03. The van der Waals surface area contributed by atoms with Crippen molar-refractivity contribution in [2.45, 2.75) is 18.3 Å². The molecular formula is C11H12N3O. The van der Waals surface area contributed by atoms with Crippen molar-refractivity contribution in [2.24, 2.45) is 0 Å². The first-order valence-corrected chi connectivity index (χ1v) is 5.22. The van der Waals surface area contributed by atoms with Gasteiger partial charge in [0.15, 0.2) is 0 Å². The Morgan fingerprint density at radius 3 is 3.00 bits per heavy atom. The summed E-state index contributed by atoms with van der Waals surface area (Å²) in [5.41, 5.74) is 1.26. The van der Waals surface area contributed by atoms with Crippen molar-refractivity contribution in [3.8, 4) is 0 Å². The second-order valence-corrected chi connectivity index (χ2v) is 4.10. The lowest BCUT2D eigenvalue weighted by Crippen LogP contribution is -2.44. The van der Waals surface area contributed by atoms with Crippen molar-refractivity contribution in [3.05, 3.63) is 24.0 Å². The summed E-state index contributed by atoms with van der Waals surface area (Å²) in [6, 6.07) is 4.77. The van der Waals surface area contributed by atoms with Gasteiger partial charge in [0.2, 0.25) is 5.91 Å². The number of hydrogen-bond acceptors (Lipinski definition) is 3. The van der Waals surface area contributed by atoms with Gasteiger partial charge in [0.05, 0.1) is 16.8 Å². The summed E-state index contributed by atoms with van der Waals surface area (Å²) in [6.07, 6.45) is 3.37. The molecule has 1 aromatic rings. The average molecular weight is 202 g/mol. The number of anilines is 1. The van der Waals surface area contributed by atoms with Gasteiger partial charge in [0.25, 0.3) is 0 Å². The molecule has 1 saturated heterocycles. The van der Waals surface area contributed by atoms with Gasteiger partial charge in [-0.05, 0) is 32.0 Å². The van der Waals surface area contributed by atoms with Gasteiger partial charge in [0, 0.05) is 12.3 Å². The van der Waals surface area contributed by atoms with E-state index in [1.165, 1.54) is 0 Å². The number of hydrogen-bond donors (Lipinski definition) is 2. The Hall–Kier alpha value is -1.42. The van der Waals surface area contributed by atoms with Gasteiger partial charge in [-0.25, -0.2) is 0 Å². The highest BCUT2D eigenvalue weighted by atomic mass is 16.2. The summed E-state index contributed by atoms with van der Waals surface area (Å²) >= 11 is 0. The van der Waals surface area contributed by atoms with Gasteiger partial charge in [0.1, 0.15) is 0 Å². The maximum atomic E-state index is 12.0. The lowest BCUT2D eigenvalue weighted by molar-refractivity contribution is -0.121. The van der Waals surface area contributed by atoms with Crippen LogP contribution in [-0.4, -0.2) is 24.0 Å². The van der Waals surface area contributed by atoms with E-state index in [0.717, 1.165) is 37.3 Å². The lowest BCUT2D eigenvalue weighted by Gasteiger charge is -2.30. The van der Waals surface area contributed by atoms with Crippen molar-refractivity contribution in [1.29, 1.82) is 0 Å². The van der Waals surface area contributed by atoms with E-state index in [0.29, 0.717) is 0 Å². The Morgan fingerprint density at radius 2 is 2.20 bits per heavy atom. The molecule has 3 heterocycles. The van der Waals surface area contributed by atoms with Gasteiger partial charge in [-0.2, -0.15) is 0 Å². The van der Waals surface area contributed by atoms with Crippen molar-refractivity contribution in [1.82, 2.24) is 10.3 Å². The lowest BCUT2D eigenvalue weighted by atomic mass is 9.77. The van der Waals surface area contributed by atoms with Gasteiger partial charge >= 0.3 is 0 Å². The van der Waals surface area contributed by atoms with E-state index >= 15 is 0 Å². The monoisotopic (exact) mass is 202 g/mol. The molecular weight excluding hydrogens is 190 g/mol. The number of carbonyl (C=O) groups excluding carboxylic acids is 1. The summed E-state index contributed by atoms with van der Waals surface area (Å²) in [6.45, 7) is 1.76. The Morgan fingerprint density at radius 1 is 1.40 bits per heavy atom. The Bertz CT molecular complexity index is 410. The molecule has 3 rings (SSSR count). The van der Waals surface area contributed by atoms with Crippen LogP contribution >= 0.6 is 0 Å². The molecule has 4 nitrogen and oxygen atoms in total. The summed E-state index contributed by atoms with van der Waals surface area (Å²) in [5.74, 6) is 0.0916. The zero-order chi connectivity index (χ0) is 10.3. The highest BCUT2D eigenvalue weighted by Crippen LogP contribution is 2.41. The number of amides is 1. The SMILES string of the molecule is O=C1Nc2[c]ccnc2C12CCNCC2. The van der Waals surface area contributed by atoms with Gasteiger partial charge in [-0.1, -0.05) is 0 Å². The molecule has 2 aliphatic rings. The van der Waals surface area contributed by atoms with E-state index in [1.54, 1.807) is 12.3 Å². The molecule has 15 heavy (non-hydrogen) atoms. The maximum absolute atomic E-state index is 12.0. The number of nitrogens with one attached hydrogen (secondary N) is 2. The number of rotatable bonds is 0. The number of fused-ring (bicyclic) bond motifs is 2. The first-order chi connectivity index (χ1) is 7.33. The highest BCUT2D eigenvalue weighted by molar-refractivity contribution is 6.05. The molecule has 0 unspecified atom stereocenters. The molecule has 2 N–H and O–H groups in total. The molecule has 0 atom stereocenters. The molecule has 0 bridgehead atoms. The Kier molecular flexibility index (Phi) is 1.79. The van der Waals surface area contributed by atoms with Crippen LogP contribution in [0.4, 0.5) is 5.69 Å². The molecule has 0 aliphatic carbocycles. The first-order valence-electron chi connectivity index (χ1n) is 5.22. The van der Waals surface area contributed by atoms with Gasteiger partial charge < -0.3 is 10.6 Å². The molecule has 77 valence electrons. The molecule has 0 aromatic carbocycles. The minimum Gasteiger partial charge on any atom is -0.323 e. The van der Waals surface area contributed by atoms with Crippen LogP contribution in [0.25, 0.3) is 0 Å². The fourth-order valence-electron chi connectivity index (χ4n) is 2.48. The van der Waals surface area contributed by atoms with Crippen LogP contribution in [-0.2, 0) is 10.2 Å². The van der Waals surface area contributed by atoms with Crippen LogP contribution in [0, 0.1) is 6.07 Å². The normalized spacial score (nSPS) is 22.5. The van der Waals surface area contributed by atoms with Crippen LogP contribution < -0.4 is 10.6 Å². The van der Waals surface area contributed by atoms with Gasteiger partial charge in [-0.3, -0.25) is 9.78 Å². The molecule has 1 fully saturated rings. The maximum Gasteiger partial charge on any atom is 0.236 e. The van der Waals surface area contributed by atoms with Crippen molar-refractivity contribution >= 4 is 11.6 Å². The quantitative estimate of drug-likeness (QED) is 0.642. The average Bonchev–Trinajstić information content (AvgIpc) is 2.55. The third kappa shape index (κ3) is 1.11. The molecule has 2 aliphatic heterocycles. The van der Waals surface area contributed by atoms with Gasteiger partial charge in [-0.15, -0.1) is 0 Å². The summed E-state index contributed by atoms with van der Waals surface area (Å²) in [7, 11) is 0. The minimum atomic E-state index is -0.391. The van der Waals surface area contributed by atoms with E-state index in [1.807, 2.05) is 0 Å². The largest absolute Gasteiger partial charge is 0.323 e. The second-order valence-electron chi connectivity index (χ2n) is 4.10. The zero-order valence-electron chi connectivity index (χ0n) is 8.34. The van der Waals surface area contributed by atoms with E-state index in [4.69, 9.17) is 0 Å². The van der Waals surface area contributed by atoms with Crippen molar-refractivity contribution in [3.63, 3.8) is 0 Å². The summed E-state index contributed by atoms with van der Waals surface area (Å²) < 4.78 is 0. The zero-order valence-corrected chi connectivity index (χ0v) is 8.34. The predicted octanol–water partition coefficient (Wildman–Crippen LogP) is 0.455. The number of piperidine rings is 1. The van der Waals surface area contributed by atoms with E-state index in [-0.39, 0.29) is 5.91 Å². The fourth-order valence-corrected chi connectivity index (χ4v) is 2.48. The third-order valence-corrected chi connectivity index (χ3v) is 3.33. The first kappa shape index (κ1) is 8.85. The molecule has 1 amide bonds. The minimum absolute atomic E-state index is 0.0916. The van der Waals surface area contributed by atoms with Crippen LogP contribution in [0.2, 0.25) is 0 Å². The van der Waals surface area contributed by atoms with E-state index in [9.17, 15) is 4.79 Å². The highest BCUT2D eigenvalue weighted by Gasteiger charge is 2.48. The molecule has 0 saturated carbocycles. The fraction of sp³-hybridized carbons (Fsp3) is 0.455. The third-order valence-electron chi connectivity index (χ3n) is 3.33. The predicted molar refractivity (Wildman–Crippen MR) is 55.5 cm³/mol. The molecule has 1 spiro atoms. The number of carbonyl (C=O) groups is 1. The van der Waals surface area contributed by atoms with Crippen LogP contribution in [0.1, 0.15) is 18.5 Å². The van der Waals surface area contributed by atoms with E-state index in [2.05, 4.69) is 21.7 Å². The van der Waals surface area contributed by atoms with Crippen LogP contribution in [0.5, 0.6) is 0 Å². The van der Waals surface area contributed by atoms with Crippen molar-refractivity contribution in [2.75, 3.05) is 18.4 Å². The standard InChI is InChI=1S/C11H12N3O/c15-10-11(3-6-12-7-4-11)9-8(14-10)2-1-5-13-9/h1,5,12H,3-4,6-7H2,(H,14,15). The van der Waals surface area contributed by atoms with Crippen LogP contribution in [0.3, 0.4) is 0 Å². The van der Waals surface area contributed by atoms with Crippen molar-refractivity contribution < 1.29 is 4.79 Å². The molecule has 1 radical (unpaired) electrons. The molecule has 1 aromatic heterocycles. The van der Waals surface area contributed by atoms with Crippen LogP contribution in [0.15, 0.2) is 12.3 Å². The number of aromatic nitrogens is 1. The van der Waals surface area contributed by atoms with E-state index < -0.39 is 5.41 Å². The molecule has 4 heteroatoms. The summed E-state index contributed by atoms with van der Waals surface area (Å²) in [4.78, 5) is 16.4. The Balaban J connectivity index is 2.11. The summed E-state index contributed by atoms with van der Waals surface area (Å²) in [5, 5.41) is 6.14.